The zero-order valence-electron chi connectivity index (χ0n) is 22.6. The number of hydrogen-bond donors (Lipinski definition) is 3. The van der Waals surface area contributed by atoms with Gasteiger partial charge in [-0.1, -0.05) is 54.1 Å². The lowest BCUT2D eigenvalue weighted by Gasteiger charge is -2.12. The molecule has 0 aliphatic rings. The Morgan fingerprint density at radius 3 is 2.12 bits per heavy atom. The molecule has 41 heavy (non-hydrogen) atoms. The van der Waals surface area contributed by atoms with Crippen LogP contribution in [-0.4, -0.2) is 29.3 Å². The molecule has 4 aromatic rings. The minimum Gasteiger partial charge on any atom is -0.325 e. The molecule has 3 amide bonds. The average molecular weight is 564 g/mol. The molecule has 7 nitrogen and oxygen atoms in total. The summed E-state index contributed by atoms with van der Waals surface area (Å²) in [5.74, 6) is -0.972. The summed E-state index contributed by atoms with van der Waals surface area (Å²) in [6.07, 6.45) is 1.63. The van der Waals surface area contributed by atoms with Crippen LogP contribution in [0.4, 0.5) is 11.4 Å². The summed E-state index contributed by atoms with van der Waals surface area (Å²) in [5, 5.41) is 8.40. The van der Waals surface area contributed by atoms with E-state index in [0.717, 1.165) is 16.0 Å². The van der Waals surface area contributed by atoms with Crippen LogP contribution < -0.4 is 16.0 Å². The molecule has 0 saturated carbocycles. The third-order valence-corrected chi connectivity index (χ3v) is 6.95. The number of aryl methyl sites for hydroxylation is 1. The number of carbonyl (C=O) groups is 4. The van der Waals surface area contributed by atoms with Crippen LogP contribution in [0.25, 0.3) is 6.08 Å². The third kappa shape index (κ3) is 8.78. The molecule has 0 aromatic heterocycles. The Balaban J connectivity index is 1.42. The Morgan fingerprint density at radius 1 is 0.732 bits per heavy atom. The Labute approximate surface area is 243 Å². The molecule has 0 saturated heterocycles. The van der Waals surface area contributed by atoms with Gasteiger partial charge in [-0.15, -0.1) is 11.8 Å². The van der Waals surface area contributed by atoms with Crippen LogP contribution in [0, 0.1) is 6.92 Å². The van der Waals surface area contributed by atoms with Gasteiger partial charge in [0, 0.05) is 27.4 Å². The fourth-order valence-electron chi connectivity index (χ4n) is 3.77. The molecule has 3 N–H and O–H groups in total. The van der Waals surface area contributed by atoms with E-state index in [4.69, 9.17) is 0 Å². The van der Waals surface area contributed by atoms with Crippen molar-refractivity contribution in [1.29, 1.82) is 0 Å². The summed E-state index contributed by atoms with van der Waals surface area (Å²) in [6, 6.07) is 30.1. The molecule has 0 aliphatic heterocycles. The lowest BCUT2D eigenvalue weighted by atomic mass is 10.1. The van der Waals surface area contributed by atoms with E-state index in [9.17, 15) is 19.2 Å². The second-order valence-electron chi connectivity index (χ2n) is 9.24. The monoisotopic (exact) mass is 563 g/mol. The van der Waals surface area contributed by atoms with Crippen LogP contribution in [0.5, 0.6) is 0 Å². The maximum absolute atomic E-state index is 13.3. The first-order chi connectivity index (χ1) is 19.8. The van der Waals surface area contributed by atoms with Crippen molar-refractivity contribution in [2.24, 2.45) is 0 Å². The van der Waals surface area contributed by atoms with Gasteiger partial charge in [0.15, 0.2) is 5.78 Å². The number of thioether (sulfide) groups is 1. The van der Waals surface area contributed by atoms with Gasteiger partial charge in [-0.3, -0.25) is 19.2 Å². The Morgan fingerprint density at radius 2 is 1.44 bits per heavy atom. The van der Waals surface area contributed by atoms with Crippen LogP contribution in [0.15, 0.2) is 114 Å². The molecule has 0 spiro atoms. The van der Waals surface area contributed by atoms with Crippen molar-refractivity contribution in [1.82, 2.24) is 5.32 Å². The lowest BCUT2D eigenvalue weighted by Crippen LogP contribution is -2.30. The first-order valence-electron chi connectivity index (χ1n) is 12.9. The molecule has 0 aliphatic carbocycles. The predicted octanol–water partition coefficient (Wildman–Crippen LogP) is 6.34. The molecule has 206 valence electrons. The second-order valence-corrected chi connectivity index (χ2v) is 10.3. The zero-order chi connectivity index (χ0) is 29.2. The summed E-state index contributed by atoms with van der Waals surface area (Å²) in [4.78, 5) is 50.8. The van der Waals surface area contributed by atoms with Crippen molar-refractivity contribution in [3.63, 3.8) is 0 Å². The van der Waals surface area contributed by atoms with Crippen molar-refractivity contribution in [2.45, 2.75) is 18.7 Å². The SMILES string of the molecule is CC(=O)c1ccc(NC(=O)CSc2cccc(NC(=O)/C(=C/c3ccc(C)cc3)NC(=O)c3ccccc3)c2)cc1. The number of benzene rings is 4. The summed E-state index contributed by atoms with van der Waals surface area (Å²) in [5.41, 5.74) is 4.07. The molecule has 0 unspecified atom stereocenters. The van der Waals surface area contributed by atoms with Gasteiger partial charge in [-0.25, -0.2) is 0 Å². The topological polar surface area (TPSA) is 104 Å². The van der Waals surface area contributed by atoms with Gasteiger partial charge in [-0.2, -0.15) is 0 Å². The van der Waals surface area contributed by atoms with Crippen molar-refractivity contribution >= 4 is 52.7 Å². The number of rotatable bonds is 10. The molecular weight excluding hydrogens is 534 g/mol. The fourth-order valence-corrected chi connectivity index (χ4v) is 4.52. The third-order valence-electron chi connectivity index (χ3n) is 5.95. The highest BCUT2D eigenvalue weighted by Crippen LogP contribution is 2.23. The van der Waals surface area contributed by atoms with E-state index < -0.39 is 11.8 Å². The van der Waals surface area contributed by atoms with E-state index in [1.54, 1.807) is 72.8 Å². The number of Topliss-reactive ketones (excluding diaryl/α,β-unsaturated/α-hetero) is 1. The number of nitrogens with one attached hydrogen (secondary N) is 3. The molecule has 0 fully saturated rings. The average Bonchev–Trinajstić information content (AvgIpc) is 2.97. The Bertz CT molecular complexity index is 1580. The molecule has 0 bridgehead atoms. The van der Waals surface area contributed by atoms with Crippen LogP contribution in [0.3, 0.4) is 0 Å². The number of hydrogen-bond acceptors (Lipinski definition) is 5. The normalized spacial score (nSPS) is 10.9. The summed E-state index contributed by atoms with van der Waals surface area (Å²) < 4.78 is 0. The molecule has 8 heteroatoms. The Hall–Kier alpha value is -4.95. The van der Waals surface area contributed by atoms with Gasteiger partial charge in [0.2, 0.25) is 5.91 Å². The predicted molar refractivity (Wildman–Crippen MR) is 164 cm³/mol. The van der Waals surface area contributed by atoms with E-state index in [-0.39, 0.29) is 23.1 Å². The van der Waals surface area contributed by atoms with E-state index >= 15 is 0 Å². The molecule has 4 rings (SSSR count). The first kappa shape index (κ1) is 29.0. The molecule has 4 aromatic carbocycles. The highest BCUT2D eigenvalue weighted by atomic mass is 32.2. The highest BCUT2D eigenvalue weighted by molar-refractivity contribution is 8.00. The summed E-state index contributed by atoms with van der Waals surface area (Å²) >= 11 is 1.32. The maximum atomic E-state index is 13.3. The van der Waals surface area contributed by atoms with Crippen LogP contribution in [0.2, 0.25) is 0 Å². The van der Waals surface area contributed by atoms with Crippen molar-refractivity contribution < 1.29 is 19.2 Å². The van der Waals surface area contributed by atoms with Gasteiger partial charge in [0.05, 0.1) is 5.75 Å². The quantitative estimate of drug-likeness (QED) is 0.119. The molecule has 0 radical (unpaired) electrons. The van der Waals surface area contributed by atoms with E-state index in [1.807, 2.05) is 43.3 Å². The van der Waals surface area contributed by atoms with E-state index in [2.05, 4.69) is 16.0 Å². The zero-order valence-corrected chi connectivity index (χ0v) is 23.5. The smallest absolute Gasteiger partial charge is 0.272 e. The Kier molecular flexibility index (Phi) is 9.85. The lowest BCUT2D eigenvalue weighted by molar-refractivity contribution is -0.114. The highest BCUT2D eigenvalue weighted by Gasteiger charge is 2.15. The second kappa shape index (κ2) is 13.9. The first-order valence-corrected chi connectivity index (χ1v) is 13.9. The van der Waals surface area contributed by atoms with Gasteiger partial charge in [0.25, 0.3) is 11.8 Å². The molecule has 0 heterocycles. The minimum absolute atomic E-state index is 0.0401. The van der Waals surface area contributed by atoms with Crippen LogP contribution in [-0.2, 0) is 9.59 Å². The van der Waals surface area contributed by atoms with Gasteiger partial charge in [-0.05, 0) is 80.1 Å². The number of ketones is 1. The van der Waals surface area contributed by atoms with Gasteiger partial charge in [0.1, 0.15) is 5.70 Å². The van der Waals surface area contributed by atoms with Crippen molar-refractivity contribution in [3.05, 3.63) is 131 Å². The van der Waals surface area contributed by atoms with E-state index in [0.29, 0.717) is 22.5 Å². The van der Waals surface area contributed by atoms with Crippen LogP contribution >= 0.6 is 11.8 Å². The standard InChI is InChI=1S/C33H29N3O4S/c1-22-11-13-24(14-12-22)19-30(36-32(39)26-7-4-3-5-8-26)33(40)35-28-9-6-10-29(20-28)41-21-31(38)34-27-17-15-25(16-18-27)23(2)37/h3-20H,21H2,1-2H3,(H,34,38)(H,35,40)(H,36,39)/b30-19-. The van der Waals surface area contributed by atoms with Crippen LogP contribution in [0.1, 0.15) is 38.8 Å². The fraction of sp³-hybridized carbons (Fsp3) is 0.0909. The summed E-state index contributed by atoms with van der Waals surface area (Å²) in [6.45, 7) is 3.46. The van der Waals surface area contributed by atoms with Gasteiger partial charge >= 0.3 is 0 Å². The van der Waals surface area contributed by atoms with E-state index in [1.165, 1.54) is 18.7 Å². The number of amides is 3. The van der Waals surface area contributed by atoms with Gasteiger partial charge < -0.3 is 16.0 Å². The molecule has 0 atom stereocenters. The van der Waals surface area contributed by atoms with Crippen molar-refractivity contribution in [3.8, 4) is 0 Å². The largest absolute Gasteiger partial charge is 0.325 e. The number of anilines is 2. The summed E-state index contributed by atoms with van der Waals surface area (Å²) in [7, 11) is 0. The minimum atomic E-state index is -0.483. The molecular formula is C33H29N3O4S. The maximum Gasteiger partial charge on any atom is 0.272 e. The van der Waals surface area contributed by atoms with Crippen molar-refractivity contribution in [2.75, 3.05) is 16.4 Å². The number of carbonyl (C=O) groups excluding carboxylic acids is 4.